The van der Waals surface area contributed by atoms with E-state index in [1.165, 1.54) is 32.1 Å². The van der Waals surface area contributed by atoms with Crippen molar-refractivity contribution in [3.05, 3.63) is 34.4 Å². The van der Waals surface area contributed by atoms with Gasteiger partial charge in [0.1, 0.15) is 0 Å². The van der Waals surface area contributed by atoms with E-state index >= 15 is 0 Å². The minimum Gasteiger partial charge on any atom is -0.0553 e. The van der Waals surface area contributed by atoms with Crippen LogP contribution in [0, 0.1) is 0 Å². The van der Waals surface area contributed by atoms with Gasteiger partial charge >= 0.3 is 0 Å². The summed E-state index contributed by atoms with van der Waals surface area (Å²) in [6.45, 7) is 0. The molecule has 0 saturated heterocycles. The molecule has 2 aliphatic rings. The van der Waals surface area contributed by atoms with E-state index in [1.807, 2.05) is 0 Å². The zero-order chi connectivity index (χ0) is 7.26. The van der Waals surface area contributed by atoms with Gasteiger partial charge in [0, 0.05) is 0 Å². The SMILES string of the molecule is c1c2c(cc3c1CC3)CCC2. The predicted octanol–water partition coefficient (Wildman–Crippen LogP) is 2.27. The highest BCUT2D eigenvalue weighted by Gasteiger charge is 2.18. The van der Waals surface area contributed by atoms with Crippen LogP contribution in [0.3, 0.4) is 0 Å². The molecule has 0 bridgehead atoms. The van der Waals surface area contributed by atoms with E-state index in [9.17, 15) is 0 Å². The normalized spacial score (nSPS) is 18.9. The van der Waals surface area contributed by atoms with Gasteiger partial charge in [-0.25, -0.2) is 0 Å². The fraction of sp³-hybridized carbons (Fsp3) is 0.455. The van der Waals surface area contributed by atoms with Crippen molar-refractivity contribution in [3.8, 4) is 0 Å². The molecule has 0 atom stereocenters. The third kappa shape index (κ3) is 0.699. The fourth-order valence-electron chi connectivity index (χ4n) is 2.28. The van der Waals surface area contributed by atoms with Crippen LogP contribution in [0.15, 0.2) is 12.1 Å². The highest BCUT2D eigenvalue weighted by Crippen LogP contribution is 2.31. The molecule has 1 aromatic rings. The maximum Gasteiger partial charge on any atom is -0.0235 e. The Morgan fingerprint density at radius 3 is 1.55 bits per heavy atom. The summed E-state index contributed by atoms with van der Waals surface area (Å²) in [4.78, 5) is 0. The van der Waals surface area contributed by atoms with Gasteiger partial charge in [-0.05, 0) is 54.4 Å². The van der Waals surface area contributed by atoms with E-state index in [1.54, 1.807) is 22.3 Å². The van der Waals surface area contributed by atoms with Gasteiger partial charge in [0.25, 0.3) is 0 Å². The van der Waals surface area contributed by atoms with Crippen LogP contribution in [0.25, 0.3) is 0 Å². The van der Waals surface area contributed by atoms with Crippen LogP contribution >= 0.6 is 0 Å². The van der Waals surface area contributed by atoms with Gasteiger partial charge in [-0.2, -0.15) is 0 Å². The first-order valence-corrected chi connectivity index (χ1v) is 4.57. The Hall–Kier alpha value is -0.780. The fourth-order valence-corrected chi connectivity index (χ4v) is 2.28. The van der Waals surface area contributed by atoms with E-state index < -0.39 is 0 Å². The standard InChI is InChI=1S/C11H12/c1-2-8-6-10-4-5-11(10)7-9(8)3-1/h6-7H,1-5H2. The molecule has 1 aromatic carbocycles. The Morgan fingerprint density at radius 2 is 1.09 bits per heavy atom. The Kier molecular flexibility index (Phi) is 0.993. The molecule has 0 nitrogen and oxygen atoms in total. The van der Waals surface area contributed by atoms with Crippen LogP contribution in [0.2, 0.25) is 0 Å². The molecule has 3 rings (SSSR count). The van der Waals surface area contributed by atoms with Gasteiger partial charge in [0.05, 0.1) is 0 Å². The molecule has 56 valence electrons. The monoisotopic (exact) mass is 144 g/mol. The largest absolute Gasteiger partial charge is 0.0553 e. The number of rotatable bonds is 0. The van der Waals surface area contributed by atoms with E-state index in [4.69, 9.17) is 0 Å². The van der Waals surface area contributed by atoms with Gasteiger partial charge in [-0.1, -0.05) is 12.1 Å². The molecule has 0 fully saturated rings. The maximum atomic E-state index is 2.45. The zero-order valence-electron chi connectivity index (χ0n) is 6.69. The van der Waals surface area contributed by atoms with Crippen LogP contribution in [-0.2, 0) is 25.7 Å². The highest BCUT2D eigenvalue weighted by molar-refractivity contribution is 5.45. The lowest BCUT2D eigenvalue weighted by molar-refractivity contribution is 0.833. The van der Waals surface area contributed by atoms with Crippen LogP contribution in [0.4, 0.5) is 0 Å². The lowest BCUT2D eigenvalue weighted by atomic mass is 9.85. The van der Waals surface area contributed by atoms with Crippen molar-refractivity contribution < 1.29 is 0 Å². The molecule has 2 aliphatic carbocycles. The van der Waals surface area contributed by atoms with Gasteiger partial charge in [0.2, 0.25) is 0 Å². The minimum absolute atomic E-state index is 1.34. The summed E-state index contributed by atoms with van der Waals surface area (Å²) in [5.74, 6) is 0. The minimum atomic E-state index is 1.34. The van der Waals surface area contributed by atoms with E-state index in [-0.39, 0.29) is 0 Å². The maximum absolute atomic E-state index is 2.45. The first kappa shape index (κ1) is 5.82. The molecule has 0 spiro atoms. The van der Waals surface area contributed by atoms with Gasteiger partial charge in [-0.3, -0.25) is 0 Å². The van der Waals surface area contributed by atoms with Crippen molar-refractivity contribution in [2.24, 2.45) is 0 Å². The summed E-state index contributed by atoms with van der Waals surface area (Å²) in [5, 5.41) is 0. The van der Waals surface area contributed by atoms with Gasteiger partial charge in [-0.15, -0.1) is 0 Å². The van der Waals surface area contributed by atoms with E-state index in [0.29, 0.717) is 0 Å². The Labute approximate surface area is 67.2 Å². The third-order valence-electron chi connectivity index (χ3n) is 3.08. The summed E-state index contributed by atoms with van der Waals surface area (Å²) in [6, 6.07) is 4.89. The first-order chi connectivity index (χ1) is 5.43. The molecule has 0 unspecified atom stereocenters. The topological polar surface area (TPSA) is 0 Å². The Bertz CT molecular complexity index is 279. The molecule has 0 radical (unpaired) electrons. The lowest BCUT2D eigenvalue weighted by Crippen LogP contribution is -2.09. The predicted molar refractivity (Wildman–Crippen MR) is 45.9 cm³/mol. The average molecular weight is 144 g/mol. The molecular formula is C11H12. The second-order valence-electron chi connectivity index (χ2n) is 3.74. The van der Waals surface area contributed by atoms with Gasteiger partial charge < -0.3 is 0 Å². The number of fused-ring (bicyclic) bond motifs is 2. The quantitative estimate of drug-likeness (QED) is 0.524. The van der Waals surface area contributed by atoms with Crippen molar-refractivity contribution in [2.75, 3.05) is 0 Å². The molecule has 0 aromatic heterocycles. The van der Waals surface area contributed by atoms with Crippen LogP contribution < -0.4 is 0 Å². The molecule has 0 heteroatoms. The van der Waals surface area contributed by atoms with Crippen molar-refractivity contribution in [2.45, 2.75) is 32.1 Å². The Morgan fingerprint density at radius 1 is 0.636 bits per heavy atom. The lowest BCUT2D eigenvalue weighted by Gasteiger charge is -2.20. The highest BCUT2D eigenvalue weighted by atomic mass is 14.2. The number of hydrogen-bond donors (Lipinski definition) is 0. The molecule has 0 N–H and O–H groups in total. The molecular weight excluding hydrogens is 132 g/mol. The Balaban J connectivity index is 2.23. The second kappa shape index (κ2) is 1.88. The van der Waals surface area contributed by atoms with Gasteiger partial charge in [0.15, 0.2) is 0 Å². The molecule has 0 amide bonds. The summed E-state index contributed by atoms with van der Waals surface area (Å²) >= 11 is 0. The summed E-state index contributed by atoms with van der Waals surface area (Å²) in [7, 11) is 0. The molecule has 0 aliphatic heterocycles. The van der Waals surface area contributed by atoms with Crippen molar-refractivity contribution in [1.82, 2.24) is 0 Å². The average Bonchev–Trinajstić information content (AvgIpc) is 2.40. The number of benzene rings is 1. The van der Waals surface area contributed by atoms with E-state index in [2.05, 4.69) is 12.1 Å². The summed E-state index contributed by atoms with van der Waals surface area (Å²) in [6.07, 6.45) is 6.73. The molecule has 0 heterocycles. The summed E-state index contributed by atoms with van der Waals surface area (Å²) in [5.41, 5.74) is 6.54. The zero-order valence-corrected chi connectivity index (χ0v) is 6.69. The number of aryl methyl sites for hydroxylation is 4. The van der Waals surface area contributed by atoms with E-state index in [0.717, 1.165) is 0 Å². The van der Waals surface area contributed by atoms with Crippen LogP contribution in [-0.4, -0.2) is 0 Å². The van der Waals surface area contributed by atoms with Crippen LogP contribution in [0.1, 0.15) is 28.7 Å². The van der Waals surface area contributed by atoms with Crippen molar-refractivity contribution in [3.63, 3.8) is 0 Å². The smallest absolute Gasteiger partial charge is 0.0235 e. The first-order valence-electron chi connectivity index (χ1n) is 4.57. The molecule has 11 heavy (non-hydrogen) atoms. The van der Waals surface area contributed by atoms with Crippen molar-refractivity contribution in [1.29, 1.82) is 0 Å². The van der Waals surface area contributed by atoms with Crippen molar-refractivity contribution >= 4 is 0 Å². The third-order valence-corrected chi connectivity index (χ3v) is 3.08. The summed E-state index contributed by atoms with van der Waals surface area (Å²) < 4.78 is 0. The van der Waals surface area contributed by atoms with Crippen LogP contribution in [0.5, 0.6) is 0 Å². The molecule has 0 saturated carbocycles. The second-order valence-corrected chi connectivity index (χ2v) is 3.74. The number of hydrogen-bond acceptors (Lipinski definition) is 0.